The third-order valence-electron chi connectivity index (χ3n) is 5.00. The Labute approximate surface area is 149 Å². The van der Waals surface area contributed by atoms with Gasteiger partial charge in [-0.1, -0.05) is 0 Å². The van der Waals surface area contributed by atoms with Crippen molar-refractivity contribution < 1.29 is 0 Å². The molecule has 3 atom stereocenters. The minimum Gasteiger partial charge on any atom is -0.334 e. The van der Waals surface area contributed by atoms with Gasteiger partial charge in [-0.15, -0.1) is 0 Å². The largest absolute Gasteiger partial charge is 0.334 e. The summed E-state index contributed by atoms with van der Waals surface area (Å²) in [5.74, 6) is 0. The Morgan fingerprint density at radius 2 is 1.72 bits per heavy atom. The number of hydrogen-bond acceptors (Lipinski definition) is 3. The van der Waals surface area contributed by atoms with Crippen molar-refractivity contribution in [1.29, 1.82) is 0 Å². The Morgan fingerprint density at radius 3 is 2.32 bits per heavy atom. The molecule has 0 aliphatic rings. The lowest BCUT2D eigenvalue weighted by Gasteiger charge is -2.23. The number of aryl methyl sites for hydroxylation is 1. The highest BCUT2D eigenvalue weighted by molar-refractivity contribution is 4.94. The van der Waals surface area contributed by atoms with E-state index in [0.29, 0.717) is 18.1 Å². The van der Waals surface area contributed by atoms with Gasteiger partial charge < -0.3 is 9.13 Å². The quantitative estimate of drug-likeness (QED) is 0.586. The summed E-state index contributed by atoms with van der Waals surface area (Å²) in [5, 5.41) is 4.36. The molecule has 3 heterocycles. The van der Waals surface area contributed by atoms with Crippen LogP contribution in [0.15, 0.2) is 49.7 Å². The van der Waals surface area contributed by atoms with E-state index in [1.54, 1.807) is 0 Å². The molecule has 0 N–H and O–H groups in total. The van der Waals surface area contributed by atoms with Crippen molar-refractivity contribution in [2.75, 3.05) is 0 Å². The first-order valence-electron chi connectivity index (χ1n) is 9.10. The highest BCUT2D eigenvalue weighted by Crippen LogP contribution is 2.27. The fraction of sp³-hybridized carbons (Fsp3) is 0.526. The fourth-order valence-corrected chi connectivity index (χ4v) is 3.30. The molecule has 6 nitrogen and oxygen atoms in total. The average Bonchev–Trinajstić information content (AvgIpc) is 3.36. The average molecular weight is 340 g/mol. The first-order valence-corrected chi connectivity index (χ1v) is 9.10. The van der Waals surface area contributed by atoms with Crippen LogP contribution in [0.2, 0.25) is 0 Å². The van der Waals surface area contributed by atoms with Gasteiger partial charge in [-0.3, -0.25) is 4.68 Å². The van der Waals surface area contributed by atoms with Gasteiger partial charge in [0.25, 0.3) is 0 Å². The zero-order valence-corrected chi connectivity index (χ0v) is 15.4. The van der Waals surface area contributed by atoms with Gasteiger partial charge in [0, 0.05) is 49.1 Å². The lowest BCUT2D eigenvalue weighted by Crippen LogP contribution is -2.13. The second-order valence-corrected chi connectivity index (χ2v) is 6.96. The minimum atomic E-state index is 0.412. The van der Waals surface area contributed by atoms with E-state index in [-0.39, 0.29) is 0 Å². The SMILES string of the molecule is Cc1cn(C(C)CCC(CCC(C)n2cccn2)n2ccnc2)cn1. The fourth-order valence-electron chi connectivity index (χ4n) is 3.30. The Bertz CT molecular complexity index is 728. The van der Waals surface area contributed by atoms with Crippen LogP contribution in [-0.2, 0) is 0 Å². The number of rotatable bonds is 9. The summed E-state index contributed by atoms with van der Waals surface area (Å²) in [7, 11) is 0. The Hall–Kier alpha value is -2.37. The molecule has 0 saturated carbocycles. The molecular formula is C19H28N6. The molecule has 134 valence electrons. The molecule has 0 aliphatic carbocycles. The molecule has 0 amide bonds. The van der Waals surface area contributed by atoms with Gasteiger partial charge in [0.1, 0.15) is 0 Å². The Balaban J connectivity index is 1.58. The second-order valence-electron chi connectivity index (χ2n) is 6.96. The topological polar surface area (TPSA) is 53.5 Å². The van der Waals surface area contributed by atoms with Crippen LogP contribution in [-0.4, -0.2) is 28.9 Å². The van der Waals surface area contributed by atoms with Crippen LogP contribution < -0.4 is 0 Å². The lowest BCUT2D eigenvalue weighted by atomic mass is 10.00. The van der Waals surface area contributed by atoms with Gasteiger partial charge in [-0.2, -0.15) is 5.10 Å². The van der Waals surface area contributed by atoms with Crippen LogP contribution in [0.5, 0.6) is 0 Å². The third kappa shape index (κ3) is 4.59. The zero-order chi connectivity index (χ0) is 17.6. The van der Waals surface area contributed by atoms with Crippen molar-refractivity contribution in [3.8, 4) is 0 Å². The predicted molar refractivity (Wildman–Crippen MR) is 98.3 cm³/mol. The number of aromatic nitrogens is 6. The highest BCUT2D eigenvalue weighted by atomic mass is 15.3. The summed E-state index contributed by atoms with van der Waals surface area (Å²) in [5.41, 5.74) is 1.08. The Morgan fingerprint density at radius 1 is 0.920 bits per heavy atom. The first kappa shape index (κ1) is 17.5. The van der Waals surface area contributed by atoms with Crippen LogP contribution in [0.25, 0.3) is 0 Å². The van der Waals surface area contributed by atoms with E-state index in [2.05, 4.69) is 50.4 Å². The number of nitrogens with zero attached hydrogens (tertiary/aromatic N) is 6. The maximum absolute atomic E-state index is 4.36. The molecule has 25 heavy (non-hydrogen) atoms. The van der Waals surface area contributed by atoms with Gasteiger partial charge in [0.05, 0.1) is 18.3 Å². The van der Waals surface area contributed by atoms with E-state index in [4.69, 9.17) is 0 Å². The first-order chi connectivity index (χ1) is 12.1. The molecule has 0 aliphatic heterocycles. The number of imidazole rings is 2. The summed E-state index contributed by atoms with van der Waals surface area (Å²) in [6.45, 7) is 6.53. The van der Waals surface area contributed by atoms with E-state index in [0.717, 1.165) is 31.4 Å². The molecule has 0 aromatic carbocycles. The normalized spacial score (nSPS) is 15.2. The van der Waals surface area contributed by atoms with Gasteiger partial charge >= 0.3 is 0 Å². The summed E-state index contributed by atoms with van der Waals surface area (Å²) < 4.78 is 6.51. The molecule has 0 bridgehead atoms. The predicted octanol–water partition coefficient (Wildman–Crippen LogP) is 4.21. The van der Waals surface area contributed by atoms with Gasteiger partial charge in [0.2, 0.25) is 0 Å². The van der Waals surface area contributed by atoms with E-state index in [9.17, 15) is 0 Å². The molecule has 6 heteroatoms. The summed E-state index contributed by atoms with van der Waals surface area (Å²) in [4.78, 5) is 8.58. The summed E-state index contributed by atoms with van der Waals surface area (Å²) >= 11 is 0. The maximum atomic E-state index is 4.36. The van der Waals surface area contributed by atoms with Crippen molar-refractivity contribution >= 4 is 0 Å². The van der Waals surface area contributed by atoms with Crippen LogP contribution in [0.3, 0.4) is 0 Å². The zero-order valence-electron chi connectivity index (χ0n) is 15.4. The highest BCUT2D eigenvalue weighted by Gasteiger charge is 2.16. The van der Waals surface area contributed by atoms with E-state index < -0.39 is 0 Å². The van der Waals surface area contributed by atoms with Crippen molar-refractivity contribution in [2.24, 2.45) is 0 Å². The molecule has 0 fully saturated rings. The molecule has 0 spiro atoms. The van der Waals surface area contributed by atoms with Crippen LogP contribution >= 0.6 is 0 Å². The van der Waals surface area contributed by atoms with Crippen molar-refractivity contribution in [1.82, 2.24) is 28.9 Å². The monoisotopic (exact) mass is 340 g/mol. The van der Waals surface area contributed by atoms with E-state index in [1.807, 2.05) is 48.9 Å². The van der Waals surface area contributed by atoms with E-state index in [1.165, 1.54) is 0 Å². The van der Waals surface area contributed by atoms with Crippen molar-refractivity contribution in [3.63, 3.8) is 0 Å². The van der Waals surface area contributed by atoms with Gasteiger partial charge in [0.15, 0.2) is 0 Å². The van der Waals surface area contributed by atoms with Crippen LogP contribution in [0, 0.1) is 6.92 Å². The van der Waals surface area contributed by atoms with Gasteiger partial charge in [-0.25, -0.2) is 9.97 Å². The minimum absolute atomic E-state index is 0.412. The molecule has 0 saturated heterocycles. The maximum Gasteiger partial charge on any atom is 0.0951 e. The molecule has 0 radical (unpaired) electrons. The van der Waals surface area contributed by atoms with Crippen LogP contribution in [0.1, 0.15) is 63.4 Å². The van der Waals surface area contributed by atoms with Gasteiger partial charge in [-0.05, 0) is 52.5 Å². The van der Waals surface area contributed by atoms with Crippen molar-refractivity contribution in [2.45, 2.75) is 64.6 Å². The second kappa shape index (κ2) is 8.14. The lowest BCUT2D eigenvalue weighted by molar-refractivity contribution is 0.339. The summed E-state index contributed by atoms with van der Waals surface area (Å²) in [6, 6.07) is 3.32. The number of hydrogen-bond donors (Lipinski definition) is 0. The van der Waals surface area contributed by atoms with Crippen molar-refractivity contribution in [3.05, 3.63) is 55.4 Å². The Kier molecular flexibility index (Phi) is 5.68. The molecule has 3 aromatic rings. The molecule has 3 aromatic heterocycles. The third-order valence-corrected chi connectivity index (χ3v) is 5.00. The molecule has 3 rings (SSSR count). The molecular weight excluding hydrogens is 312 g/mol. The smallest absolute Gasteiger partial charge is 0.0951 e. The van der Waals surface area contributed by atoms with Crippen LogP contribution in [0.4, 0.5) is 0 Å². The summed E-state index contributed by atoms with van der Waals surface area (Å²) in [6.07, 6.45) is 18.3. The van der Waals surface area contributed by atoms with E-state index >= 15 is 0 Å². The standard InChI is InChI=1S/C19H28N6/c1-16-13-24(15-21-16)17(2)5-7-19(23-12-10-20-14-23)8-6-18(3)25-11-4-9-22-25/h4,9-15,17-19H,5-8H2,1-3H3. The molecule has 3 unspecified atom stereocenters.